The summed E-state index contributed by atoms with van der Waals surface area (Å²) in [4.78, 5) is 11.8. The van der Waals surface area contributed by atoms with Gasteiger partial charge in [-0.15, -0.1) is 0 Å². The van der Waals surface area contributed by atoms with Crippen molar-refractivity contribution in [2.75, 3.05) is 12.3 Å². The Balaban J connectivity index is 1.89. The van der Waals surface area contributed by atoms with Crippen LogP contribution in [0.2, 0.25) is 5.02 Å². The number of nitrogen functional groups attached to an aromatic ring is 1. The van der Waals surface area contributed by atoms with Crippen LogP contribution in [-0.2, 0) is 4.79 Å². The molecule has 0 fully saturated rings. The van der Waals surface area contributed by atoms with Crippen LogP contribution in [0.25, 0.3) is 0 Å². The predicted octanol–water partition coefficient (Wildman–Crippen LogP) is 3.60. The number of carbonyl (C=O) groups excluding carboxylic acids is 1. The summed E-state index contributed by atoms with van der Waals surface area (Å²) < 4.78 is 6.19. The topological polar surface area (TPSA) is 76.7 Å². The van der Waals surface area contributed by atoms with Crippen molar-refractivity contribution >= 4 is 44.8 Å². The van der Waals surface area contributed by atoms with E-state index in [2.05, 4.69) is 26.5 Å². The minimum absolute atomic E-state index is 0.181. The Morgan fingerprint density at radius 2 is 2.00 bits per heavy atom. The molecule has 0 aliphatic carbocycles. The second-order valence-corrected chi connectivity index (χ2v) is 6.04. The predicted molar refractivity (Wildman–Crippen MR) is 95.9 cm³/mol. The first-order chi connectivity index (χ1) is 11.0. The number of nitrogens with two attached hydrogens (primary N) is 1. The maximum absolute atomic E-state index is 11.8. The zero-order valence-corrected chi connectivity index (χ0v) is 14.7. The van der Waals surface area contributed by atoms with Crippen LogP contribution in [0, 0.1) is 0 Å². The van der Waals surface area contributed by atoms with Gasteiger partial charge >= 0.3 is 0 Å². The fraction of sp³-hybridized carbons (Fsp3) is 0.125. The second-order valence-electron chi connectivity index (χ2n) is 4.72. The summed E-state index contributed by atoms with van der Waals surface area (Å²) in [6, 6.07) is 12.4. The van der Waals surface area contributed by atoms with Gasteiger partial charge in [0.05, 0.1) is 10.7 Å². The lowest BCUT2D eigenvalue weighted by Crippen LogP contribution is -2.25. The van der Waals surface area contributed by atoms with E-state index in [9.17, 15) is 4.79 Å². The van der Waals surface area contributed by atoms with Gasteiger partial charge < -0.3 is 10.5 Å². The minimum Gasteiger partial charge on any atom is -0.482 e. The van der Waals surface area contributed by atoms with Gasteiger partial charge in [-0.25, -0.2) is 5.43 Å². The van der Waals surface area contributed by atoms with Gasteiger partial charge in [-0.05, 0) is 42.8 Å². The molecule has 0 saturated heterocycles. The number of anilines is 1. The molecule has 0 radical (unpaired) electrons. The molecule has 0 aliphatic rings. The Hall–Kier alpha value is -2.05. The summed E-state index contributed by atoms with van der Waals surface area (Å²) in [5.41, 5.74) is 10.3. The van der Waals surface area contributed by atoms with E-state index < -0.39 is 0 Å². The molecule has 5 nitrogen and oxygen atoms in total. The van der Waals surface area contributed by atoms with Crippen molar-refractivity contribution in [3.05, 3.63) is 57.5 Å². The average Bonchev–Trinajstić information content (AvgIpc) is 2.52. The number of ether oxygens (including phenoxy) is 1. The van der Waals surface area contributed by atoms with Gasteiger partial charge in [0.15, 0.2) is 6.61 Å². The van der Waals surface area contributed by atoms with E-state index in [1.54, 1.807) is 37.3 Å². The number of hydrogen-bond acceptors (Lipinski definition) is 4. The lowest BCUT2D eigenvalue weighted by molar-refractivity contribution is -0.123. The summed E-state index contributed by atoms with van der Waals surface area (Å²) >= 11 is 9.31. The first-order valence-electron chi connectivity index (χ1n) is 6.72. The van der Waals surface area contributed by atoms with Crippen molar-refractivity contribution in [1.82, 2.24) is 5.43 Å². The number of amides is 1. The molecule has 0 atom stereocenters. The quantitative estimate of drug-likeness (QED) is 0.460. The zero-order chi connectivity index (χ0) is 16.8. The Morgan fingerprint density at radius 3 is 2.65 bits per heavy atom. The summed E-state index contributed by atoms with van der Waals surface area (Å²) in [6.45, 7) is 1.61. The number of hydrogen-bond donors (Lipinski definition) is 2. The number of carbonyl (C=O) groups is 1. The molecular weight excluding hydrogens is 382 g/mol. The molecule has 1 amide bonds. The molecule has 0 heterocycles. The SMILES string of the molecule is C/C(=N\NC(=O)COc1ccc(Br)cc1Cl)c1ccc(N)cc1. The smallest absolute Gasteiger partial charge is 0.277 e. The number of benzene rings is 2. The van der Waals surface area contributed by atoms with Gasteiger partial charge in [-0.1, -0.05) is 39.7 Å². The Labute approximate surface area is 147 Å². The van der Waals surface area contributed by atoms with E-state index in [4.69, 9.17) is 22.1 Å². The first-order valence-corrected chi connectivity index (χ1v) is 7.89. The van der Waals surface area contributed by atoms with Crippen molar-refractivity contribution in [2.45, 2.75) is 6.92 Å². The van der Waals surface area contributed by atoms with Crippen LogP contribution < -0.4 is 15.9 Å². The fourth-order valence-corrected chi connectivity index (χ4v) is 2.43. The maximum atomic E-state index is 11.8. The molecule has 0 spiro atoms. The molecule has 0 aliphatic heterocycles. The molecule has 23 heavy (non-hydrogen) atoms. The lowest BCUT2D eigenvalue weighted by atomic mass is 10.1. The molecule has 2 rings (SSSR count). The number of halogens is 2. The van der Waals surface area contributed by atoms with E-state index in [1.165, 1.54) is 0 Å². The molecule has 0 aromatic heterocycles. The van der Waals surface area contributed by atoms with Gasteiger partial charge in [-0.2, -0.15) is 5.10 Å². The third-order valence-electron chi connectivity index (χ3n) is 2.93. The molecular formula is C16H15BrClN3O2. The van der Waals surface area contributed by atoms with Crippen LogP contribution in [0.15, 0.2) is 52.0 Å². The van der Waals surface area contributed by atoms with Crippen LogP contribution in [0.5, 0.6) is 5.75 Å². The lowest BCUT2D eigenvalue weighted by Gasteiger charge is -2.07. The maximum Gasteiger partial charge on any atom is 0.277 e. The van der Waals surface area contributed by atoms with E-state index >= 15 is 0 Å². The minimum atomic E-state index is -0.376. The van der Waals surface area contributed by atoms with Crippen molar-refractivity contribution < 1.29 is 9.53 Å². The summed E-state index contributed by atoms with van der Waals surface area (Å²) in [5, 5.41) is 4.45. The highest BCUT2D eigenvalue weighted by Crippen LogP contribution is 2.27. The van der Waals surface area contributed by atoms with Gasteiger partial charge in [-0.3, -0.25) is 4.79 Å². The number of rotatable bonds is 5. The van der Waals surface area contributed by atoms with Crippen LogP contribution in [-0.4, -0.2) is 18.2 Å². The largest absolute Gasteiger partial charge is 0.482 e. The molecule has 2 aromatic rings. The monoisotopic (exact) mass is 395 g/mol. The highest BCUT2D eigenvalue weighted by Gasteiger charge is 2.06. The Morgan fingerprint density at radius 1 is 1.30 bits per heavy atom. The van der Waals surface area contributed by atoms with Gasteiger partial charge in [0.2, 0.25) is 0 Å². The summed E-state index contributed by atoms with van der Waals surface area (Å²) in [6.07, 6.45) is 0. The second kappa shape index (κ2) is 7.99. The fourth-order valence-electron chi connectivity index (χ4n) is 1.70. The average molecular weight is 397 g/mol. The number of nitrogens with one attached hydrogen (secondary N) is 1. The zero-order valence-electron chi connectivity index (χ0n) is 12.3. The van der Waals surface area contributed by atoms with Gasteiger partial charge in [0.1, 0.15) is 5.75 Å². The Kier molecular flexibility index (Phi) is 6.01. The molecule has 2 aromatic carbocycles. The van der Waals surface area contributed by atoms with Crippen LogP contribution in [0.3, 0.4) is 0 Å². The van der Waals surface area contributed by atoms with E-state index in [1.807, 2.05) is 12.1 Å². The standard InChI is InChI=1S/C16H15BrClN3O2/c1-10(11-2-5-13(19)6-3-11)20-21-16(22)9-23-15-7-4-12(17)8-14(15)18/h2-8H,9,19H2,1H3,(H,21,22)/b20-10+. The summed E-state index contributed by atoms with van der Waals surface area (Å²) in [5.74, 6) is 0.0584. The highest BCUT2D eigenvalue weighted by atomic mass is 79.9. The van der Waals surface area contributed by atoms with Crippen LogP contribution in [0.4, 0.5) is 5.69 Å². The van der Waals surface area contributed by atoms with Crippen molar-refractivity contribution in [2.24, 2.45) is 5.10 Å². The van der Waals surface area contributed by atoms with Crippen LogP contribution >= 0.6 is 27.5 Å². The molecule has 0 saturated carbocycles. The normalized spacial score (nSPS) is 11.2. The highest BCUT2D eigenvalue weighted by molar-refractivity contribution is 9.10. The van der Waals surface area contributed by atoms with Crippen LogP contribution in [0.1, 0.15) is 12.5 Å². The third-order valence-corrected chi connectivity index (χ3v) is 3.72. The first kappa shape index (κ1) is 17.3. The molecule has 120 valence electrons. The van der Waals surface area contributed by atoms with E-state index in [-0.39, 0.29) is 12.5 Å². The van der Waals surface area contributed by atoms with Gasteiger partial charge in [0, 0.05) is 10.2 Å². The van der Waals surface area contributed by atoms with E-state index in [0.29, 0.717) is 22.2 Å². The van der Waals surface area contributed by atoms with Crippen molar-refractivity contribution in [3.63, 3.8) is 0 Å². The van der Waals surface area contributed by atoms with Crippen molar-refractivity contribution in [3.8, 4) is 5.75 Å². The van der Waals surface area contributed by atoms with Gasteiger partial charge in [0.25, 0.3) is 5.91 Å². The molecule has 3 N–H and O–H groups in total. The Bertz CT molecular complexity index is 733. The molecule has 0 bridgehead atoms. The number of hydrazone groups is 1. The molecule has 7 heteroatoms. The number of nitrogens with zero attached hydrogens (tertiary/aromatic N) is 1. The third kappa shape index (κ3) is 5.26. The summed E-state index contributed by atoms with van der Waals surface area (Å²) in [7, 11) is 0. The molecule has 0 unspecified atom stereocenters. The van der Waals surface area contributed by atoms with Crippen molar-refractivity contribution in [1.29, 1.82) is 0 Å². The van der Waals surface area contributed by atoms with E-state index in [0.717, 1.165) is 10.0 Å².